The van der Waals surface area contributed by atoms with Crippen LogP contribution in [0.15, 0.2) is 0 Å². The maximum absolute atomic E-state index is 5.55. The van der Waals surface area contributed by atoms with E-state index in [0.717, 1.165) is 0 Å². The van der Waals surface area contributed by atoms with E-state index < -0.39 is 5.79 Å². The molecule has 1 saturated heterocycles. The average molecular weight is 288 g/mol. The molecule has 1 aliphatic rings. The normalized spacial score (nSPS) is 23.5. The molecule has 1 heterocycles. The molecule has 4 heteroatoms. The van der Waals surface area contributed by atoms with Crippen molar-refractivity contribution in [1.29, 1.82) is 0 Å². The zero-order valence-corrected chi connectivity index (χ0v) is 9.81. The molecule has 0 unspecified atom stereocenters. The fourth-order valence-electron chi connectivity index (χ4n) is 1.16. The molecule has 0 aromatic rings. The highest BCUT2D eigenvalue weighted by Gasteiger charge is 2.44. The highest BCUT2D eigenvalue weighted by molar-refractivity contribution is 9.24. The van der Waals surface area contributed by atoms with Crippen molar-refractivity contribution < 1.29 is 9.47 Å². The highest BCUT2D eigenvalue weighted by Crippen LogP contribution is 2.38. The van der Waals surface area contributed by atoms with Gasteiger partial charge < -0.3 is 9.47 Å². The lowest BCUT2D eigenvalue weighted by molar-refractivity contribution is -0.172. The molecule has 0 aromatic carbocycles. The van der Waals surface area contributed by atoms with E-state index in [2.05, 4.69) is 45.7 Å². The predicted molar refractivity (Wildman–Crippen MR) is 51.1 cm³/mol. The van der Waals surface area contributed by atoms with Crippen molar-refractivity contribution >= 4 is 31.9 Å². The van der Waals surface area contributed by atoms with Gasteiger partial charge >= 0.3 is 0 Å². The maximum Gasteiger partial charge on any atom is 0.193 e. The largest absolute Gasteiger partial charge is 0.345 e. The van der Waals surface area contributed by atoms with Gasteiger partial charge in [0.15, 0.2) is 5.79 Å². The summed E-state index contributed by atoms with van der Waals surface area (Å²) < 4.78 is 11.2. The molecule has 0 aliphatic carbocycles. The SMILES string of the molecule is CC(C)C1(C(Br)Br)OCCO1. The van der Waals surface area contributed by atoms with Gasteiger partial charge in [-0.1, -0.05) is 45.7 Å². The Labute approximate surface area is 83.9 Å². The van der Waals surface area contributed by atoms with Gasteiger partial charge in [0.25, 0.3) is 0 Å². The molecule has 1 rings (SSSR count). The molecule has 0 spiro atoms. The third-order valence-electron chi connectivity index (χ3n) is 1.85. The summed E-state index contributed by atoms with van der Waals surface area (Å²) in [6.45, 7) is 5.54. The van der Waals surface area contributed by atoms with Crippen LogP contribution in [0, 0.1) is 5.92 Å². The van der Waals surface area contributed by atoms with E-state index in [0.29, 0.717) is 19.1 Å². The van der Waals surface area contributed by atoms with Gasteiger partial charge in [0, 0.05) is 5.92 Å². The van der Waals surface area contributed by atoms with Gasteiger partial charge in [-0.25, -0.2) is 0 Å². The van der Waals surface area contributed by atoms with Gasteiger partial charge in [0.1, 0.15) is 3.74 Å². The molecule has 11 heavy (non-hydrogen) atoms. The second-order valence-electron chi connectivity index (χ2n) is 2.87. The monoisotopic (exact) mass is 286 g/mol. The van der Waals surface area contributed by atoms with Crippen molar-refractivity contribution in [2.45, 2.75) is 23.4 Å². The number of alkyl halides is 2. The van der Waals surface area contributed by atoms with Gasteiger partial charge in [0.2, 0.25) is 0 Å². The number of hydrogen-bond donors (Lipinski definition) is 0. The van der Waals surface area contributed by atoms with Crippen LogP contribution in [-0.2, 0) is 9.47 Å². The Morgan fingerprint density at radius 1 is 1.18 bits per heavy atom. The minimum absolute atomic E-state index is 0.0602. The summed E-state index contributed by atoms with van der Waals surface area (Å²) in [6, 6.07) is 0. The van der Waals surface area contributed by atoms with Crippen molar-refractivity contribution in [3.8, 4) is 0 Å². The summed E-state index contributed by atoms with van der Waals surface area (Å²) in [5.41, 5.74) is 0. The standard InChI is InChI=1S/C7H12Br2O2/c1-5(2)7(6(8)9)10-3-4-11-7/h5-6H,3-4H2,1-2H3. The summed E-state index contributed by atoms with van der Waals surface area (Å²) in [4.78, 5) is 0. The van der Waals surface area contributed by atoms with Gasteiger partial charge in [0.05, 0.1) is 13.2 Å². The minimum atomic E-state index is -0.472. The van der Waals surface area contributed by atoms with Crippen molar-refractivity contribution in [1.82, 2.24) is 0 Å². The van der Waals surface area contributed by atoms with Crippen LogP contribution in [0.25, 0.3) is 0 Å². The van der Waals surface area contributed by atoms with E-state index in [1.807, 2.05) is 0 Å². The first-order chi connectivity index (χ1) is 5.09. The van der Waals surface area contributed by atoms with E-state index in [4.69, 9.17) is 9.47 Å². The first kappa shape index (κ1) is 9.96. The summed E-state index contributed by atoms with van der Waals surface area (Å²) in [7, 11) is 0. The molecular formula is C7H12Br2O2. The summed E-state index contributed by atoms with van der Waals surface area (Å²) >= 11 is 6.85. The first-order valence-corrected chi connectivity index (χ1v) is 5.49. The Balaban J connectivity index is 2.70. The highest BCUT2D eigenvalue weighted by atomic mass is 79.9. The molecule has 1 fully saturated rings. The van der Waals surface area contributed by atoms with E-state index in [9.17, 15) is 0 Å². The fourth-order valence-corrected chi connectivity index (χ4v) is 2.74. The van der Waals surface area contributed by atoms with Crippen LogP contribution in [0.5, 0.6) is 0 Å². The molecule has 0 atom stereocenters. The number of ether oxygens (including phenoxy) is 2. The average Bonchev–Trinajstić information content (AvgIpc) is 2.34. The molecule has 0 bridgehead atoms. The van der Waals surface area contributed by atoms with E-state index in [1.165, 1.54) is 0 Å². The zero-order chi connectivity index (χ0) is 8.48. The topological polar surface area (TPSA) is 18.5 Å². The Kier molecular flexibility index (Phi) is 3.38. The summed E-state index contributed by atoms with van der Waals surface area (Å²) in [6.07, 6.45) is 0. The molecule has 0 amide bonds. The lowest BCUT2D eigenvalue weighted by Crippen LogP contribution is -2.42. The number of rotatable bonds is 2. The smallest absolute Gasteiger partial charge is 0.193 e. The maximum atomic E-state index is 5.55. The van der Waals surface area contributed by atoms with Crippen molar-refractivity contribution in [2.75, 3.05) is 13.2 Å². The third-order valence-corrected chi connectivity index (χ3v) is 3.12. The number of halogens is 2. The van der Waals surface area contributed by atoms with Crippen LogP contribution in [0.4, 0.5) is 0 Å². The Hall–Kier alpha value is 0.880. The second-order valence-corrected chi connectivity index (χ2v) is 5.93. The molecule has 2 nitrogen and oxygen atoms in total. The Bertz CT molecular complexity index is 120. The van der Waals surface area contributed by atoms with E-state index in [-0.39, 0.29) is 3.74 Å². The van der Waals surface area contributed by atoms with Gasteiger partial charge in [-0.15, -0.1) is 0 Å². The van der Waals surface area contributed by atoms with Crippen LogP contribution in [-0.4, -0.2) is 22.7 Å². The lowest BCUT2D eigenvalue weighted by atomic mass is 10.1. The van der Waals surface area contributed by atoms with E-state index >= 15 is 0 Å². The van der Waals surface area contributed by atoms with Gasteiger partial charge in [-0.3, -0.25) is 0 Å². The lowest BCUT2D eigenvalue weighted by Gasteiger charge is -2.32. The molecule has 0 N–H and O–H groups in total. The number of hydrogen-bond acceptors (Lipinski definition) is 2. The Morgan fingerprint density at radius 3 is 1.82 bits per heavy atom. The molecular weight excluding hydrogens is 276 g/mol. The molecule has 0 radical (unpaired) electrons. The molecule has 66 valence electrons. The first-order valence-electron chi connectivity index (χ1n) is 3.65. The molecule has 0 aromatic heterocycles. The quantitative estimate of drug-likeness (QED) is 0.727. The fraction of sp³-hybridized carbons (Fsp3) is 1.00. The van der Waals surface area contributed by atoms with E-state index in [1.54, 1.807) is 0 Å². The molecule has 1 aliphatic heterocycles. The predicted octanol–water partition coefficient (Wildman–Crippen LogP) is 2.50. The van der Waals surface area contributed by atoms with Crippen LogP contribution in [0.2, 0.25) is 0 Å². The van der Waals surface area contributed by atoms with Crippen LogP contribution in [0.1, 0.15) is 13.8 Å². The van der Waals surface area contributed by atoms with Crippen LogP contribution >= 0.6 is 31.9 Å². The second kappa shape index (κ2) is 3.73. The Morgan fingerprint density at radius 2 is 1.64 bits per heavy atom. The van der Waals surface area contributed by atoms with Gasteiger partial charge in [-0.2, -0.15) is 0 Å². The van der Waals surface area contributed by atoms with Crippen LogP contribution < -0.4 is 0 Å². The van der Waals surface area contributed by atoms with Crippen LogP contribution in [0.3, 0.4) is 0 Å². The van der Waals surface area contributed by atoms with Crippen molar-refractivity contribution in [3.63, 3.8) is 0 Å². The summed E-state index contributed by atoms with van der Waals surface area (Å²) in [5.74, 6) is -0.131. The summed E-state index contributed by atoms with van der Waals surface area (Å²) in [5, 5.41) is 0. The minimum Gasteiger partial charge on any atom is -0.345 e. The zero-order valence-electron chi connectivity index (χ0n) is 6.64. The molecule has 0 saturated carbocycles. The van der Waals surface area contributed by atoms with Crippen molar-refractivity contribution in [3.05, 3.63) is 0 Å². The van der Waals surface area contributed by atoms with Crippen molar-refractivity contribution in [2.24, 2.45) is 5.92 Å². The third kappa shape index (κ3) is 1.79. The van der Waals surface area contributed by atoms with Gasteiger partial charge in [-0.05, 0) is 0 Å².